The largest absolute Gasteiger partial charge is 0.368 e. The number of anilines is 2. The third kappa shape index (κ3) is 3.21. The van der Waals surface area contributed by atoms with Gasteiger partial charge in [-0.2, -0.15) is 5.10 Å². The van der Waals surface area contributed by atoms with Crippen LogP contribution in [0.1, 0.15) is 10.4 Å². The van der Waals surface area contributed by atoms with Crippen molar-refractivity contribution in [2.75, 3.05) is 11.1 Å². The zero-order chi connectivity index (χ0) is 20.7. The molecule has 2 aromatic heterocycles. The Hall–Kier alpha value is -3.97. The van der Waals surface area contributed by atoms with Crippen molar-refractivity contribution >= 4 is 50.9 Å². The second-order valence-corrected chi connectivity index (χ2v) is 7.20. The number of halogens is 1. The van der Waals surface area contributed by atoms with Gasteiger partial charge in [0.1, 0.15) is 0 Å². The summed E-state index contributed by atoms with van der Waals surface area (Å²) < 4.78 is 0. The number of rotatable bonds is 3. The lowest BCUT2D eigenvalue weighted by molar-refractivity contribution is 0.102. The molecule has 3 aromatic carbocycles. The van der Waals surface area contributed by atoms with Crippen molar-refractivity contribution < 1.29 is 4.79 Å². The minimum absolute atomic E-state index is 0.167. The second kappa shape index (κ2) is 7.13. The summed E-state index contributed by atoms with van der Waals surface area (Å²) in [6.07, 6.45) is 1.68. The molecular weight excluding hydrogens is 400 g/mol. The van der Waals surface area contributed by atoms with Gasteiger partial charge in [0.2, 0.25) is 5.95 Å². The molecule has 1 amide bonds. The highest BCUT2D eigenvalue weighted by atomic mass is 35.5. The topological polar surface area (TPSA) is 110 Å². The fourth-order valence-corrected chi connectivity index (χ4v) is 3.61. The van der Waals surface area contributed by atoms with E-state index in [9.17, 15) is 4.79 Å². The van der Waals surface area contributed by atoms with Crippen molar-refractivity contribution in [2.24, 2.45) is 0 Å². The molecule has 5 rings (SSSR count). The molecule has 0 spiro atoms. The van der Waals surface area contributed by atoms with Gasteiger partial charge in [0.25, 0.3) is 5.91 Å². The first-order chi connectivity index (χ1) is 14.6. The Labute approximate surface area is 175 Å². The molecule has 146 valence electrons. The molecule has 0 unspecified atom stereocenters. The smallest absolute Gasteiger partial charge is 0.257 e. The van der Waals surface area contributed by atoms with E-state index in [-0.39, 0.29) is 11.9 Å². The van der Waals surface area contributed by atoms with Crippen LogP contribution in [-0.2, 0) is 0 Å². The number of aromatic nitrogens is 4. The van der Waals surface area contributed by atoms with Crippen LogP contribution in [0.2, 0.25) is 5.02 Å². The molecule has 0 atom stereocenters. The fourth-order valence-electron chi connectivity index (χ4n) is 3.44. The molecule has 2 heterocycles. The standard InChI is InChI=1S/C22H15ClN6O/c23-14-7-8-18-17(10-14)19(28-22(24)27-18)12-3-1-5-15(9-12)26-21(30)16-6-2-4-13-11-25-29-20(13)16/h1-11H,(H,25,29)(H,26,30)(H2,24,27,28). The quantitative estimate of drug-likeness (QED) is 0.397. The molecular formula is C22H15ClN6O. The number of hydrogen-bond donors (Lipinski definition) is 3. The van der Waals surface area contributed by atoms with Crippen molar-refractivity contribution in [1.29, 1.82) is 0 Å². The monoisotopic (exact) mass is 414 g/mol. The van der Waals surface area contributed by atoms with Gasteiger partial charge in [0.05, 0.1) is 28.5 Å². The molecule has 0 aliphatic heterocycles. The Morgan fingerprint density at radius 2 is 1.90 bits per heavy atom. The first kappa shape index (κ1) is 18.1. The predicted octanol–water partition coefficient (Wildman–Crippen LogP) is 4.66. The van der Waals surface area contributed by atoms with Crippen molar-refractivity contribution in [3.05, 3.63) is 77.4 Å². The number of nitrogens with two attached hydrogens (primary N) is 1. The van der Waals surface area contributed by atoms with Gasteiger partial charge in [0, 0.05) is 27.0 Å². The molecule has 8 heteroatoms. The van der Waals surface area contributed by atoms with Gasteiger partial charge >= 0.3 is 0 Å². The maximum Gasteiger partial charge on any atom is 0.257 e. The first-order valence-corrected chi connectivity index (χ1v) is 9.53. The van der Waals surface area contributed by atoms with E-state index in [4.69, 9.17) is 17.3 Å². The summed E-state index contributed by atoms with van der Waals surface area (Å²) in [7, 11) is 0. The highest BCUT2D eigenvalue weighted by Crippen LogP contribution is 2.30. The van der Waals surface area contributed by atoms with Gasteiger partial charge in [-0.15, -0.1) is 0 Å². The van der Waals surface area contributed by atoms with E-state index in [1.54, 1.807) is 30.5 Å². The van der Waals surface area contributed by atoms with Crippen LogP contribution in [-0.4, -0.2) is 26.1 Å². The van der Waals surface area contributed by atoms with Crippen molar-refractivity contribution in [3.8, 4) is 11.3 Å². The molecule has 30 heavy (non-hydrogen) atoms. The van der Waals surface area contributed by atoms with E-state index in [0.717, 1.165) is 16.3 Å². The van der Waals surface area contributed by atoms with Gasteiger partial charge < -0.3 is 11.1 Å². The van der Waals surface area contributed by atoms with Crippen LogP contribution in [0.15, 0.2) is 66.9 Å². The van der Waals surface area contributed by atoms with Crippen LogP contribution in [0.25, 0.3) is 33.1 Å². The van der Waals surface area contributed by atoms with Crippen LogP contribution in [0, 0.1) is 0 Å². The van der Waals surface area contributed by atoms with Crippen LogP contribution >= 0.6 is 11.6 Å². The van der Waals surface area contributed by atoms with Crippen LogP contribution in [0.5, 0.6) is 0 Å². The normalized spacial score (nSPS) is 11.1. The van der Waals surface area contributed by atoms with Crippen molar-refractivity contribution in [1.82, 2.24) is 20.2 Å². The molecule has 0 saturated carbocycles. The van der Waals surface area contributed by atoms with Crippen molar-refractivity contribution in [3.63, 3.8) is 0 Å². The lowest BCUT2D eigenvalue weighted by Crippen LogP contribution is -2.12. The number of amides is 1. The summed E-state index contributed by atoms with van der Waals surface area (Å²) in [6, 6.07) is 18.2. The maximum atomic E-state index is 12.9. The summed E-state index contributed by atoms with van der Waals surface area (Å²) in [4.78, 5) is 21.5. The van der Waals surface area contributed by atoms with E-state index in [2.05, 4.69) is 25.5 Å². The second-order valence-electron chi connectivity index (χ2n) is 6.77. The highest BCUT2D eigenvalue weighted by Gasteiger charge is 2.14. The van der Waals surface area contributed by atoms with Crippen molar-refractivity contribution in [2.45, 2.75) is 0 Å². The number of nitrogen functional groups attached to an aromatic ring is 1. The number of fused-ring (bicyclic) bond motifs is 2. The minimum atomic E-state index is -0.239. The molecule has 0 fully saturated rings. The maximum absolute atomic E-state index is 12.9. The third-order valence-corrected chi connectivity index (χ3v) is 5.03. The lowest BCUT2D eigenvalue weighted by atomic mass is 10.1. The number of H-pyrrole nitrogens is 1. The van der Waals surface area contributed by atoms with Gasteiger partial charge in [0.15, 0.2) is 0 Å². The van der Waals surface area contributed by atoms with Gasteiger partial charge in [-0.25, -0.2) is 9.97 Å². The zero-order valence-corrected chi connectivity index (χ0v) is 16.3. The molecule has 0 saturated heterocycles. The number of para-hydroxylation sites is 1. The first-order valence-electron chi connectivity index (χ1n) is 9.15. The number of carbonyl (C=O) groups excluding carboxylic acids is 1. The summed E-state index contributed by atoms with van der Waals surface area (Å²) >= 11 is 6.17. The van der Waals surface area contributed by atoms with E-state index >= 15 is 0 Å². The number of benzene rings is 3. The molecule has 4 N–H and O–H groups in total. The summed E-state index contributed by atoms with van der Waals surface area (Å²) in [5, 5.41) is 12.0. The Kier molecular flexibility index (Phi) is 4.30. The van der Waals surface area contributed by atoms with Gasteiger partial charge in [-0.3, -0.25) is 9.89 Å². The van der Waals surface area contributed by atoms with Crippen LogP contribution < -0.4 is 11.1 Å². The lowest BCUT2D eigenvalue weighted by Gasteiger charge is -2.10. The molecule has 7 nitrogen and oxygen atoms in total. The molecule has 0 aliphatic carbocycles. The Balaban J connectivity index is 1.54. The average molecular weight is 415 g/mol. The predicted molar refractivity (Wildman–Crippen MR) is 118 cm³/mol. The number of hydrogen-bond acceptors (Lipinski definition) is 5. The SMILES string of the molecule is Nc1nc(-c2cccc(NC(=O)c3cccc4cn[nH]c34)c2)c2cc(Cl)ccc2n1. The molecule has 0 radical (unpaired) electrons. The zero-order valence-electron chi connectivity index (χ0n) is 15.6. The Morgan fingerprint density at radius 3 is 2.80 bits per heavy atom. The van der Waals surface area contributed by atoms with Gasteiger partial charge in [-0.1, -0.05) is 35.9 Å². The van der Waals surface area contributed by atoms with Gasteiger partial charge in [-0.05, 0) is 36.4 Å². The van der Waals surface area contributed by atoms with E-state index in [1.807, 2.05) is 36.4 Å². The number of nitrogens with zero attached hydrogens (tertiary/aromatic N) is 3. The molecule has 0 aliphatic rings. The number of carbonyl (C=O) groups is 1. The Bertz CT molecular complexity index is 1430. The summed E-state index contributed by atoms with van der Waals surface area (Å²) in [5.41, 5.74) is 9.86. The molecule has 5 aromatic rings. The fraction of sp³-hybridized carbons (Fsp3) is 0. The summed E-state index contributed by atoms with van der Waals surface area (Å²) in [5.74, 6) is -0.0720. The highest BCUT2D eigenvalue weighted by molar-refractivity contribution is 6.31. The van der Waals surface area contributed by atoms with Crippen LogP contribution in [0.3, 0.4) is 0 Å². The van der Waals surface area contributed by atoms with E-state index in [0.29, 0.717) is 33.0 Å². The Morgan fingerprint density at radius 1 is 1.03 bits per heavy atom. The molecule has 0 bridgehead atoms. The number of nitrogens with one attached hydrogen (secondary N) is 2. The average Bonchev–Trinajstić information content (AvgIpc) is 3.22. The number of aromatic amines is 1. The van der Waals surface area contributed by atoms with Crippen LogP contribution in [0.4, 0.5) is 11.6 Å². The van der Waals surface area contributed by atoms with E-state index < -0.39 is 0 Å². The summed E-state index contributed by atoms with van der Waals surface area (Å²) in [6.45, 7) is 0. The van der Waals surface area contributed by atoms with E-state index in [1.165, 1.54) is 0 Å². The third-order valence-electron chi connectivity index (χ3n) is 4.79. The minimum Gasteiger partial charge on any atom is -0.368 e.